The molecule has 3 aromatic heterocycles. The minimum absolute atomic E-state index is 0.265. The molecular formula is C16H16N4O4S2. The first-order valence-corrected chi connectivity index (χ1v) is 10.0. The summed E-state index contributed by atoms with van der Waals surface area (Å²) in [6.07, 6.45) is 2.19. The molecule has 1 aliphatic rings. The minimum atomic E-state index is -0.429. The van der Waals surface area contributed by atoms with E-state index in [4.69, 9.17) is 9.15 Å². The van der Waals surface area contributed by atoms with Crippen LogP contribution in [0.15, 0.2) is 14.4 Å². The molecule has 0 aliphatic heterocycles. The van der Waals surface area contributed by atoms with E-state index in [-0.39, 0.29) is 12.2 Å². The van der Waals surface area contributed by atoms with Crippen LogP contribution in [0.3, 0.4) is 0 Å². The molecule has 1 saturated carbocycles. The van der Waals surface area contributed by atoms with Crippen LogP contribution in [0.5, 0.6) is 0 Å². The van der Waals surface area contributed by atoms with Crippen LogP contribution in [0.4, 0.5) is 0 Å². The Morgan fingerprint density at radius 3 is 2.96 bits per heavy atom. The summed E-state index contributed by atoms with van der Waals surface area (Å²) in [6.45, 7) is 3.76. The monoisotopic (exact) mass is 392 g/mol. The van der Waals surface area contributed by atoms with Gasteiger partial charge in [-0.05, 0) is 32.3 Å². The number of aromatic nitrogens is 4. The van der Waals surface area contributed by atoms with E-state index in [1.807, 2.05) is 0 Å². The van der Waals surface area contributed by atoms with Crippen molar-refractivity contribution in [3.8, 4) is 0 Å². The molecule has 8 nitrogen and oxygen atoms in total. The first-order chi connectivity index (χ1) is 12.6. The molecule has 3 aromatic rings. The smallest absolute Gasteiger partial charge is 0.348 e. The Bertz CT molecular complexity index is 1030. The van der Waals surface area contributed by atoms with Gasteiger partial charge in [-0.25, -0.2) is 9.78 Å². The Labute approximate surface area is 156 Å². The van der Waals surface area contributed by atoms with Gasteiger partial charge in [0.05, 0.1) is 17.7 Å². The number of rotatable bonds is 6. The average molecular weight is 392 g/mol. The number of H-pyrrole nitrogens is 1. The van der Waals surface area contributed by atoms with Crippen molar-refractivity contribution in [2.75, 3.05) is 6.61 Å². The zero-order valence-corrected chi connectivity index (χ0v) is 15.8. The molecule has 26 heavy (non-hydrogen) atoms. The quantitative estimate of drug-likeness (QED) is 0.503. The van der Waals surface area contributed by atoms with Crippen molar-refractivity contribution in [3.05, 3.63) is 32.5 Å². The zero-order chi connectivity index (χ0) is 18.3. The van der Waals surface area contributed by atoms with Gasteiger partial charge in [0.2, 0.25) is 5.89 Å². The van der Waals surface area contributed by atoms with E-state index >= 15 is 0 Å². The fraction of sp³-hybridized carbons (Fsp3) is 0.438. The Kier molecular flexibility index (Phi) is 4.53. The Morgan fingerprint density at radius 1 is 1.42 bits per heavy atom. The molecule has 4 rings (SSSR count). The molecule has 1 N–H and O–H groups in total. The van der Waals surface area contributed by atoms with Gasteiger partial charge < -0.3 is 14.1 Å². The average Bonchev–Trinajstić information content (AvgIpc) is 3.25. The largest absolute Gasteiger partial charge is 0.462 e. The second-order valence-electron chi connectivity index (χ2n) is 5.94. The van der Waals surface area contributed by atoms with E-state index in [1.165, 1.54) is 23.1 Å². The lowest BCUT2D eigenvalue weighted by Crippen LogP contribution is -2.11. The van der Waals surface area contributed by atoms with Crippen molar-refractivity contribution >= 4 is 39.3 Å². The number of ether oxygens (including phenoxy) is 1. The van der Waals surface area contributed by atoms with Crippen LogP contribution >= 0.6 is 23.1 Å². The van der Waals surface area contributed by atoms with Crippen molar-refractivity contribution in [2.45, 2.75) is 43.6 Å². The van der Waals surface area contributed by atoms with E-state index in [0.29, 0.717) is 49.3 Å². The summed E-state index contributed by atoms with van der Waals surface area (Å²) in [7, 11) is 0. The van der Waals surface area contributed by atoms with Crippen LogP contribution in [0.25, 0.3) is 10.2 Å². The number of aromatic amines is 1. The highest BCUT2D eigenvalue weighted by Crippen LogP contribution is 2.40. The summed E-state index contributed by atoms with van der Waals surface area (Å²) in [6, 6.07) is 0. The summed E-state index contributed by atoms with van der Waals surface area (Å²) < 4.78 is 10.6. The molecule has 1 aliphatic carbocycles. The standard InChI is InChI=1S/C16H16N4O4S2/c1-3-23-15(22)11-7(2)10-12(21)17-9(18-14(10)26-11)6-25-16-20-19-13(24-16)8-4-5-8/h8H,3-6H2,1-2H3,(H,17,18,21). The van der Waals surface area contributed by atoms with Crippen LogP contribution < -0.4 is 5.56 Å². The predicted octanol–water partition coefficient (Wildman–Crippen LogP) is 3.02. The molecule has 3 heterocycles. The lowest BCUT2D eigenvalue weighted by atomic mass is 10.2. The third kappa shape index (κ3) is 3.26. The number of hydrogen-bond donors (Lipinski definition) is 1. The molecule has 1 fully saturated rings. The lowest BCUT2D eigenvalue weighted by Gasteiger charge is -1.99. The number of thioether (sulfide) groups is 1. The number of carbonyl (C=O) groups excluding carboxylic acids is 1. The summed E-state index contributed by atoms with van der Waals surface area (Å²) in [5.41, 5.74) is 0.335. The molecule has 0 saturated heterocycles. The first kappa shape index (κ1) is 17.2. The van der Waals surface area contributed by atoms with Gasteiger partial charge in [-0.15, -0.1) is 21.5 Å². The topological polar surface area (TPSA) is 111 Å². The van der Waals surface area contributed by atoms with Crippen molar-refractivity contribution in [2.24, 2.45) is 0 Å². The fourth-order valence-corrected chi connectivity index (χ4v) is 4.29. The Balaban J connectivity index is 1.57. The SMILES string of the molecule is CCOC(=O)c1sc2nc(CSc3nnc(C4CC4)o3)[nH]c(=O)c2c1C. The third-order valence-corrected chi connectivity index (χ3v) is 5.99. The van der Waals surface area contributed by atoms with Gasteiger partial charge in [-0.3, -0.25) is 4.79 Å². The molecule has 0 spiro atoms. The second kappa shape index (κ2) is 6.84. The van der Waals surface area contributed by atoms with Crippen molar-refractivity contribution in [1.82, 2.24) is 20.2 Å². The third-order valence-electron chi connectivity index (χ3n) is 3.99. The van der Waals surface area contributed by atoms with Crippen LogP contribution in [0.2, 0.25) is 0 Å². The molecule has 0 aromatic carbocycles. The van der Waals surface area contributed by atoms with Crippen LogP contribution in [0.1, 0.15) is 52.6 Å². The molecule has 0 atom stereocenters. The van der Waals surface area contributed by atoms with Gasteiger partial charge in [0.25, 0.3) is 10.8 Å². The molecular weight excluding hydrogens is 376 g/mol. The number of carbonyl (C=O) groups is 1. The van der Waals surface area contributed by atoms with Crippen molar-refractivity contribution in [3.63, 3.8) is 0 Å². The molecule has 10 heteroatoms. The van der Waals surface area contributed by atoms with Crippen molar-refractivity contribution in [1.29, 1.82) is 0 Å². The van der Waals surface area contributed by atoms with Gasteiger partial charge in [0, 0.05) is 5.92 Å². The number of aryl methyl sites for hydroxylation is 1. The van der Waals surface area contributed by atoms with Gasteiger partial charge >= 0.3 is 5.97 Å². The highest BCUT2D eigenvalue weighted by molar-refractivity contribution is 7.98. The summed E-state index contributed by atoms with van der Waals surface area (Å²) >= 11 is 2.49. The number of nitrogens with one attached hydrogen (secondary N) is 1. The molecule has 136 valence electrons. The summed E-state index contributed by atoms with van der Waals surface area (Å²) in [5, 5.41) is 8.93. The fourth-order valence-electron chi connectivity index (χ4n) is 2.55. The normalized spacial score (nSPS) is 14.1. The van der Waals surface area contributed by atoms with Crippen LogP contribution in [0, 0.1) is 6.92 Å². The van der Waals surface area contributed by atoms with Gasteiger partial charge in [0.15, 0.2) is 0 Å². The number of esters is 1. The van der Waals surface area contributed by atoms with Crippen molar-refractivity contribution < 1.29 is 13.9 Å². The summed E-state index contributed by atoms with van der Waals surface area (Å²) in [4.78, 5) is 32.6. The molecule has 0 unspecified atom stereocenters. The van der Waals surface area contributed by atoms with Gasteiger partial charge in [0.1, 0.15) is 15.5 Å². The summed E-state index contributed by atoms with van der Waals surface area (Å²) in [5.74, 6) is 1.54. The maximum atomic E-state index is 12.4. The van der Waals surface area contributed by atoms with E-state index < -0.39 is 5.97 Å². The molecule has 0 bridgehead atoms. The Morgan fingerprint density at radius 2 is 2.23 bits per heavy atom. The van der Waals surface area contributed by atoms with E-state index in [0.717, 1.165) is 12.8 Å². The number of hydrogen-bond acceptors (Lipinski definition) is 9. The van der Waals surface area contributed by atoms with E-state index in [2.05, 4.69) is 20.2 Å². The first-order valence-electron chi connectivity index (χ1n) is 8.22. The highest BCUT2D eigenvalue weighted by Gasteiger charge is 2.29. The number of thiophene rings is 1. The van der Waals surface area contributed by atoms with Crippen LogP contribution in [-0.4, -0.2) is 32.7 Å². The maximum Gasteiger partial charge on any atom is 0.348 e. The van der Waals surface area contributed by atoms with Gasteiger partial charge in [-0.2, -0.15) is 0 Å². The Hall–Kier alpha value is -2.20. The predicted molar refractivity (Wildman–Crippen MR) is 96.8 cm³/mol. The molecule has 0 amide bonds. The molecule has 0 radical (unpaired) electrons. The van der Waals surface area contributed by atoms with E-state index in [9.17, 15) is 9.59 Å². The lowest BCUT2D eigenvalue weighted by molar-refractivity contribution is 0.0531. The van der Waals surface area contributed by atoms with E-state index in [1.54, 1.807) is 13.8 Å². The minimum Gasteiger partial charge on any atom is -0.462 e. The van der Waals surface area contributed by atoms with Crippen LogP contribution in [-0.2, 0) is 10.5 Å². The number of nitrogens with zero attached hydrogens (tertiary/aromatic N) is 3. The number of fused-ring (bicyclic) bond motifs is 1. The van der Waals surface area contributed by atoms with Gasteiger partial charge in [-0.1, -0.05) is 11.8 Å². The second-order valence-corrected chi connectivity index (χ2v) is 7.86. The maximum absolute atomic E-state index is 12.4. The zero-order valence-electron chi connectivity index (χ0n) is 14.2. The highest BCUT2D eigenvalue weighted by atomic mass is 32.2.